The first-order chi connectivity index (χ1) is 11.7. The molecular formula is C19H29N3O2S. The Kier molecular flexibility index (Phi) is 6.52. The highest BCUT2D eigenvalue weighted by Gasteiger charge is 2.16. The Bertz CT molecular complexity index is 692. The van der Waals surface area contributed by atoms with Gasteiger partial charge in [-0.3, -0.25) is 0 Å². The number of rotatable bonds is 7. The Balaban J connectivity index is 1.88. The van der Waals surface area contributed by atoms with Crippen molar-refractivity contribution in [2.45, 2.75) is 64.3 Å². The first kappa shape index (κ1) is 19.8. The van der Waals surface area contributed by atoms with Gasteiger partial charge in [0.2, 0.25) is 0 Å². The van der Waals surface area contributed by atoms with Crippen molar-refractivity contribution in [3.8, 4) is 5.75 Å². The zero-order valence-electron chi connectivity index (χ0n) is 16.0. The standard InChI is InChI=1S/C19H29N3O2S/c1-13(2)22-12-20-21-18(22)25-11-16(23)10-24-17-8-7-15(9-14(17)3)19(4,5)6/h7-9,12-13,16,23H,10-11H2,1-6H3. The van der Waals surface area contributed by atoms with Crippen molar-refractivity contribution < 1.29 is 9.84 Å². The van der Waals surface area contributed by atoms with Gasteiger partial charge in [0.25, 0.3) is 0 Å². The molecule has 2 aromatic rings. The molecule has 0 aliphatic heterocycles. The molecule has 1 heterocycles. The van der Waals surface area contributed by atoms with Crippen LogP contribution in [-0.4, -0.2) is 38.3 Å². The fourth-order valence-electron chi connectivity index (χ4n) is 2.37. The molecule has 25 heavy (non-hydrogen) atoms. The summed E-state index contributed by atoms with van der Waals surface area (Å²) in [4.78, 5) is 0. The van der Waals surface area contributed by atoms with Gasteiger partial charge < -0.3 is 14.4 Å². The molecule has 5 nitrogen and oxygen atoms in total. The summed E-state index contributed by atoms with van der Waals surface area (Å²) in [6, 6.07) is 6.54. The van der Waals surface area contributed by atoms with E-state index in [1.165, 1.54) is 17.3 Å². The van der Waals surface area contributed by atoms with Gasteiger partial charge in [-0.2, -0.15) is 0 Å². The van der Waals surface area contributed by atoms with Gasteiger partial charge in [0.1, 0.15) is 18.7 Å². The Hall–Kier alpha value is -1.53. The van der Waals surface area contributed by atoms with Crippen molar-refractivity contribution in [2.75, 3.05) is 12.4 Å². The summed E-state index contributed by atoms with van der Waals surface area (Å²) < 4.78 is 7.80. The van der Waals surface area contributed by atoms with E-state index in [1.807, 2.05) is 17.6 Å². The number of hydrogen-bond acceptors (Lipinski definition) is 5. The zero-order chi connectivity index (χ0) is 18.6. The van der Waals surface area contributed by atoms with Crippen LogP contribution in [0.15, 0.2) is 29.7 Å². The Labute approximate surface area is 154 Å². The minimum Gasteiger partial charge on any atom is -0.491 e. The molecule has 0 saturated heterocycles. The molecular weight excluding hydrogens is 334 g/mol. The van der Waals surface area contributed by atoms with Gasteiger partial charge in [0.15, 0.2) is 5.16 Å². The summed E-state index contributed by atoms with van der Waals surface area (Å²) in [5.74, 6) is 1.34. The number of ether oxygens (including phenoxy) is 1. The van der Waals surface area contributed by atoms with E-state index in [4.69, 9.17) is 4.74 Å². The molecule has 1 N–H and O–H groups in total. The highest BCUT2D eigenvalue weighted by Crippen LogP contribution is 2.28. The molecule has 1 aromatic carbocycles. The summed E-state index contributed by atoms with van der Waals surface area (Å²) in [6.07, 6.45) is 1.15. The van der Waals surface area contributed by atoms with E-state index >= 15 is 0 Å². The maximum absolute atomic E-state index is 10.2. The number of benzene rings is 1. The topological polar surface area (TPSA) is 60.2 Å². The normalized spacial score (nSPS) is 13.3. The minimum absolute atomic E-state index is 0.117. The number of nitrogens with zero attached hydrogens (tertiary/aromatic N) is 3. The van der Waals surface area contributed by atoms with Gasteiger partial charge >= 0.3 is 0 Å². The van der Waals surface area contributed by atoms with Crippen LogP contribution in [-0.2, 0) is 5.41 Å². The number of thioether (sulfide) groups is 1. The van der Waals surface area contributed by atoms with Crippen LogP contribution >= 0.6 is 11.8 Å². The molecule has 2 rings (SSSR count). The molecule has 0 fully saturated rings. The summed E-state index contributed by atoms with van der Waals surface area (Å²) in [7, 11) is 0. The molecule has 0 amide bonds. The van der Waals surface area contributed by atoms with E-state index in [0.717, 1.165) is 16.5 Å². The average Bonchev–Trinajstić information content (AvgIpc) is 2.99. The van der Waals surface area contributed by atoms with Gasteiger partial charge in [-0.15, -0.1) is 10.2 Å². The number of aromatic nitrogens is 3. The van der Waals surface area contributed by atoms with E-state index in [2.05, 4.69) is 56.9 Å². The smallest absolute Gasteiger partial charge is 0.191 e. The van der Waals surface area contributed by atoms with E-state index < -0.39 is 6.10 Å². The Morgan fingerprint density at radius 2 is 2.00 bits per heavy atom. The van der Waals surface area contributed by atoms with Crippen LogP contribution in [0.5, 0.6) is 5.75 Å². The van der Waals surface area contributed by atoms with Crippen molar-refractivity contribution in [3.63, 3.8) is 0 Å². The number of aliphatic hydroxyl groups excluding tert-OH is 1. The summed E-state index contributed by atoms with van der Waals surface area (Å²) in [6.45, 7) is 13.0. The lowest BCUT2D eigenvalue weighted by Gasteiger charge is -2.21. The molecule has 0 aliphatic rings. The monoisotopic (exact) mass is 363 g/mol. The van der Waals surface area contributed by atoms with Crippen molar-refractivity contribution in [1.82, 2.24) is 14.8 Å². The second-order valence-corrected chi connectivity index (χ2v) is 8.61. The maximum atomic E-state index is 10.2. The molecule has 1 aromatic heterocycles. The molecule has 0 radical (unpaired) electrons. The molecule has 0 spiro atoms. The van der Waals surface area contributed by atoms with Crippen LogP contribution < -0.4 is 4.74 Å². The van der Waals surface area contributed by atoms with Crippen LogP contribution in [0.25, 0.3) is 0 Å². The van der Waals surface area contributed by atoms with Gasteiger partial charge in [-0.05, 0) is 43.4 Å². The molecule has 1 unspecified atom stereocenters. The van der Waals surface area contributed by atoms with E-state index in [0.29, 0.717) is 11.8 Å². The van der Waals surface area contributed by atoms with Crippen LogP contribution in [0, 0.1) is 6.92 Å². The van der Waals surface area contributed by atoms with Gasteiger partial charge in [-0.1, -0.05) is 44.7 Å². The maximum Gasteiger partial charge on any atom is 0.191 e. The average molecular weight is 364 g/mol. The highest BCUT2D eigenvalue weighted by atomic mass is 32.2. The first-order valence-electron chi connectivity index (χ1n) is 8.62. The van der Waals surface area contributed by atoms with Gasteiger partial charge in [-0.25, -0.2) is 0 Å². The van der Waals surface area contributed by atoms with Gasteiger partial charge in [0, 0.05) is 11.8 Å². The van der Waals surface area contributed by atoms with Crippen LogP contribution in [0.4, 0.5) is 0 Å². The Morgan fingerprint density at radius 3 is 2.60 bits per heavy atom. The summed E-state index contributed by atoms with van der Waals surface area (Å²) >= 11 is 1.49. The third kappa shape index (κ3) is 5.47. The predicted octanol–water partition coefficient (Wildman–Crippen LogP) is 4.00. The van der Waals surface area contributed by atoms with E-state index in [1.54, 1.807) is 6.33 Å². The van der Waals surface area contributed by atoms with Crippen molar-refractivity contribution in [3.05, 3.63) is 35.7 Å². The predicted molar refractivity (Wildman–Crippen MR) is 103 cm³/mol. The minimum atomic E-state index is -0.566. The largest absolute Gasteiger partial charge is 0.491 e. The SMILES string of the molecule is Cc1cc(C(C)(C)C)ccc1OCC(O)CSc1nncn1C(C)C. The number of hydrogen-bond donors (Lipinski definition) is 1. The highest BCUT2D eigenvalue weighted by molar-refractivity contribution is 7.99. The lowest BCUT2D eigenvalue weighted by molar-refractivity contribution is 0.126. The molecule has 138 valence electrons. The first-order valence-corrected chi connectivity index (χ1v) is 9.61. The molecule has 0 saturated carbocycles. The second kappa shape index (κ2) is 8.23. The van der Waals surface area contributed by atoms with Crippen LogP contribution in [0.3, 0.4) is 0 Å². The summed E-state index contributed by atoms with van der Waals surface area (Å²) in [5, 5.41) is 19.1. The fraction of sp³-hybridized carbons (Fsp3) is 0.579. The van der Waals surface area contributed by atoms with Crippen LogP contribution in [0.2, 0.25) is 0 Å². The quantitative estimate of drug-likeness (QED) is 0.754. The lowest BCUT2D eigenvalue weighted by atomic mass is 9.86. The molecule has 6 heteroatoms. The lowest BCUT2D eigenvalue weighted by Crippen LogP contribution is -2.21. The number of aliphatic hydroxyl groups is 1. The molecule has 1 atom stereocenters. The van der Waals surface area contributed by atoms with Gasteiger partial charge in [0.05, 0.1) is 6.10 Å². The number of aryl methyl sites for hydroxylation is 1. The fourth-order valence-corrected chi connectivity index (χ4v) is 3.32. The molecule has 0 aliphatic carbocycles. The van der Waals surface area contributed by atoms with E-state index in [-0.39, 0.29) is 12.0 Å². The Morgan fingerprint density at radius 1 is 1.28 bits per heavy atom. The molecule has 0 bridgehead atoms. The van der Waals surface area contributed by atoms with Crippen molar-refractivity contribution in [2.24, 2.45) is 0 Å². The van der Waals surface area contributed by atoms with Crippen molar-refractivity contribution in [1.29, 1.82) is 0 Å². The second-order valence-electron chi connectivity index (χ2n) is 7.62. The van der Waals surface area contributed by atoms with Crippen LogP contribution in [0.1, 0.15) is 51.8 Å². The zero-order valence-corrected chi connectivity index (χ0v) is 16.8. The van der Waals surface area contributed by atoms with E-state index in [9.17, 15) is 5.11 Å². The third-order valence-electron chi connectivity index (χ3n) is 3.97. The third-order valence-corrected chi connectivity index (χ3v) is 5.08. The van der Waals surface area contributed by atoms with Crippen molar-refractivity contribution >= 4 is 11.8 Å². The summed E-state index contributed by atoms with van der Waals surface area (Å²) in [5.41, 5.74) is 2.49.